The second-order valence-corrected chi connectivity index (χ2v) is 7.50. The van der Waals surface area contributed by atoms with Crippen molar-refractivity contribution in [2.24, 2.45) is 0 Å². The number of amides is 1. The van der Waals surface area contributed by atoms with Crippen molar-refractivity contribution >= 4 is 11.9 Å². The van der Waals surface area contributed by atoms with Crippen LogP contribution in [-0.4, -0.2) is 18.4 Å². The molecule has 0 aromatic heterocycles. The first-order valence-corrected chi connectivity index (χ1v) is 11.1. The lowest BCUT2D eigenvalue weighted by Gasteiger charge is -2.06. The molecule has 0 saturated carbocycles. The van der Waals surface area contributed by atoms with E-state index in [2.05, 4.69) is 11.9 Å². The molecule has 5 nitrogen and oxygen atoms in total. The summed E-state index contributed by atoms with van der Waals surface area (Å²) in [5.41, 5.74) is 2.21. The predicted octanol–water partition coefficient (Wildman–Crippen LogP) is 6.00. The molecule has 1 N–H and O–H groups in total. The normalized spacial score (nSPS) is 10.3. The topological polar surface area (TPSA) is 64.6 Å². The minimum atomic E-state index is -0.339. The van der Waals surface area contributed by atoms with Crippen LogP contribution in [-0.2, 0) is 14.5 Å². The molecule has 2 aromatic rings. The second-order valence-electron chi connectivity index (χ2n) is 7.50. The smallest absolute Gasteiger partial charge is 0.353 e. The van der Waals surface area contributed by atoms with Gasteiger partial charge in [0.15, 0.2) is 5.75 Å². The van der Waals surface area contributed by atoms with Crippen molar-refractivity contribution in [2.75, 3.05) is 6.54 Å². The summed E-state index contributed by atoms with van der Waals surface area (Å²) in [6, 6.07) is 17.5. The molecule has 166 valence electrons. The fraction of sp³-hybridized carbons (Fsp3) is 0.385. The quantitative estimate of drug-likeness (QED) is 0.165. The summed E-state index contributed by atoms with van der Waals surface area (Å²) < 4.78 is 0. The van der Waals surface area contributed by atoms with Gasteiger partial charge < -0.3 is 5.32 Å². The van der Waals surface area contributed by atoms with Crippen LogP contribution in [0, 0.1) is 0 Å². The van der Waals surface area contributed by atoms with Crippen molar-refractivity contribution < 1.29 is 19.4 Å². The van der Waals surface area contributed by atoms with Gasteiger partial charge in [-0.25, -0.2) is 4.79 Å². The van der Waals surface area contributed by atoms with Gasteiger partial charge >= 0.3 is 5.97 Å². The molecule has 0 fully saturated rings. The van der Waals surface area contributed by atoms with Crippen LogP contribution in [0.25, 0.3) is 11.1 Å². The summed E-state index contributed by atoms with van der Waals surface area (Å²) >= 11 is 0. The van der Waals surface area contributed by atoms with Crippen molar-refractivity contribution in [1.82, 2.24) is 5.32 Å². The highest BCUT2D eigenvalue weighted by Gasteiger charge is 2.06. The number of hydrogen-bond donors (Lipinski definition) is 1. The first-order chi connectivity index (χ1) is 15.2. The van der Waals surface area contributed by atoms with Gasteiger partial charge in [0.25, 0.3) is 0 Å². The molecule has 2 rings (SSSR count). The number of benzene rings is 2. The number of unbranched alkanes of at least 4 members (excludes halogenated alkanes) is 7. The molecule has 5 heteroatoms. The summed E-state index contributed by atoms with van der Waals surface area (Å²) in [6.45, 7) is 4.14. The highest BCUT2D eigenvalue weighted by atomic mass is 17.2. The van der Waals surface area contributed by atoms with Crippen LogP contribution in [0.15, 0.2) is 67.3 Å². The minimum absolute atomic E-state index is 0.107. The summed E-state index contributed by atoms with van der Waals surface area (Å²) in [5.74, 6) is 0.0655. The molecule has 1 amide bonds. The van der Waals surface area contributed by atoms with E-state index in [0.29, 0.717) is 18.7 Å². The van der Waals surface area contributed by atoms with Crippen LogP contribution in [0.3, 0.4) is 0 Å². The Hall–Kier alpha value is -3.08. The third kappa shape index (κ3) is 10.5. The van der Waals surface area contributed by atoms with Crippen molar-refractivity contribution in [3.63, 3.8) is 0 Å². The van der Waals surface area contributed by atoms with Gasteiger partial charge in [-0.2, -0.15) is 0 Å². The maximum Gasteiger partial charge on any atom is 0.355 e. The Morgan fingerprint density at radius 1 is 0.774 bits per heavy atom. The standard InChI is InChI=1S/C26H33NO4/c1-2-25(28)27-21-13-8-6-4-3-5-7-12-16-26(29)31-30-24-19-17-23(18-20-24)22-14-10-9-11-15-22/h2,9-11,14-15,17-20H,1,3-8,12-13,16,21H2,(H,27,28). The minimum Gasteiger partial charge on any atom is -0.353 e. The van der Waals surface area contributed by atoms with Gasteiger partial charge in [-0.3, -0.25) is 14.6 Å². The van der Waals surface area contributed by atoms with E-state index in [9.17, 15) is 9.59 Å². The zero-order valence-corrected chi connectivity index (χ0v) is 18.2. The van der Waals surface area contributed by atoms with Crippen LogP contribution >= 0.6 is 0 Å². The van der Waals surface area contributed by atoms with E-state index in [-0.39, 0.29) is 11.9 Å². The lowest BCUT2D eigenvalue weighted by molar-refractivity contribution is -0.213. The lowest BCUT2D eigenvalue weighted by atomic mass is 10.1. The monoisotopic (exact) mass is 423 g/mol. The maximum atomic E-state index is 11.8. The van der Waals surface area contributed by atoms with E-state index in [1.165, 1.54) is 25.3 Å². The van der Waals surface area contributed by atoms with Crippen molar-refractivity contribution in [2.45, 2.75) is 57.8 Å². The SMILES string of the molecule is C=CC(=O)NCCCCCCCCCCC(=O)OOc1ccc(-c2ccccc2)cc1. The van der Waals surface area contributed by atoms with Crippen molar-refractivity contribution in [3.8, 4) is 16.9 Å². The predicted molar refractivity (Wildman–Crippen MR) is 123 cm³/mol. The Bertz CT molecular complexity index is 787. The molecule has 31 heavy (non-hydrogen) atoms. The van der Waals surface area contributed by atoms with Gasteiger partial charge in [-0.15, -0.1) is 0 Å². The average molecular weight is 424 g/mol. The Balaban J connectivity index is 1.46. The first-order valence-electron chi connectivity index (χ1n) is 11.1. The van der Waals surface area contributed by atoms with Crippen LogP contribution in [0.2, 0.25) is 0 Å². The van der Waals surface area contributed by atoms with Gasteiger partial charge in [0.05, 0.1) is 6.42 Å². The summed E-state index contributed by atoms with van der Waals surface area (Å²) in [5, 5.41) is 2.78. The molecule has 0 unspecified atom stereocenters. The lowest BCUT2D eigenvalue weighted by Crippen LogP contribution is -2.21. The molecule has 0 radical (unpaired) electrons. The Morgan fingerprint density at radius 2 is 1.35 bits per heavy atom. The molecule has 0 atom stereocenters. The third-order valence-corrected chi connectivity index (χ3v) is 4.98. The van der Waals surface area contributed by atoms with E-state index in [4.69, 9.17) is 9.78 Å². The molecule has 0 aliphatic heterocycles. The fourth-order valence-corrected chi connectivity index (χ4v) is 3.21. The van der Waals surface area contributed by atoms with Crippen LogP contribution in [0.4, 0.5) is 0 Å². The molecule has 0 spiro atoms. The molecular formula is C26H33NO4. The van der Waals surface area contributed by atoms with Gasteiger partial charge in [-0.05, 0) is 42.2 Å². The molecular weight excluding hydrogens is 390 g/mol. The first kappa shape index (κ1) is 24.2. The van der Waals surface area contributed by atoms with E-state index in [1.54, 1.807) is 12.1 Å². The van der Waals surface area contributed by atoms with Gasteiger partial charge in [0.1, 0.15) is 0 Å². The molecule has 0 saturated heterocycles. The Labute approximate surface area is 185 Å². The van der Waals surface area contributed by atoms with E-state index < -0.39 is 0 Å². The largest absolute Gasteiger partial charge is 0.355 e. The van der Waals surface area contributed by atoms with Crippen LogP contribution < -0.4 is 10.2 Å². The fourth-order valence-electron chi connectivity index (χ4n) is 3.21. The van der Waals surface area contributed by atoms with E-state index >= 15 is 0 Å². The van der Waals surface area contributed by atoms with E-state index in [0.717, 1.165) is 43.2 Å². The second kappa shape index (κ2) is 14.8. The molecule has 0 aliphatic rings. The average Bonchev–Trinajstić information content (AvgIpc) is 2.81. The number of carbonyl (C=O) groups excluding carboxylic acids is 2. The number of rotatable bonds is 15. The van der Waals surface area contributed by atoms with Gasteiger partial charge in [-0.1, -0.05) is 87.6 Å². The Kier molecular flexibility index (Phi) is 11.6. The molecule has 0 heterocycles. The maximum absolute atomic E-state index is 11.8. The highest BCUT2D eigenvalue weighted by Crippen LogP contribution is 2.22. The zero-order valence-electron chi connectivity index (χ0n) is 18.2. The summed E-state index contributed by atoms with van der Waals surface area (Å²) in [6.07, 6.45) is 10.2. The number of hydrogen-bond acceptors (Lipinski definition) is 4. The summed E-state index contributed by atoms with van der Waals surface area (Å²) in [4.78, 5) is 32.9. The number of carbonyl (C=O) groups is 2. The highest BCUT2D eigenvalue weighted by molar-refractivity contribution is 5.86. The molecule has 0 aliphatic carbocycles. The van der Waals surface area contributed by atoms with Gasteiger partial charge in [0.2, 0.25) is 5.91 Å². The summed E-state index contributed by atoms with van der Waals surface area (Å²) in [7, 11) is 0. The molecule has 2 aromatic carbocycles. The Morgan fingerprint density at radius 3 is 2.00 bits per heavy atom. The van der Waals surface area contributed by atoms with Crippen LogP contribution in [0.1, 0.15) is 57.8 Å². The third-order valence-electron chi connectivity index (χ3n) is 4.98. The zero-order chi connectivity index (χ0) is 22.2. The van der Waals surface area contributed by atoms with Gasteiger partial charge in [0, 0.05) is 6.54 Å². The van der Waals surface area contributed by atoms with E-state index in [1.807, 2.05) is 42.5 Å². The molecule has 0 bridgehead atoms. The number of nitrogens with one attached hydrogen (secondary N) is 1. The van der Waals surface area contributed by atoms with Crippen LogP contribution in [0.5, 0.6) is 5.75 Å². The van der Waals surface area contributed by atoms with Crippen molar-refractivity contribution in [3.05, 3.63) is 67.3 Å². The van der Waals surface area contributed by atoms with Crippen molar-refractivity contribution in [1.29, 1.82) is 0 Å².